The van der Waals surface area contributed by atoms with Crippen LogP contribution in [0, 0.1) is 5.82 Å². The molecule has 1 atom stereocenters. The van der Waals surface area contributed by atoms with Crippen LogP contribution in [0.1, 0.15) is 18.9 Å². The third-order valence-corrected chi connectivity index (χ3v) is 5.64. The molecule has 2 N–H and O–H groups in total. The Kier molecular flexibility index (Phi) is 7.54. The zero-order valence-corrected chi connectivity index (χ0v) is 19.0. The molecule has 0 spiro atoms. The van der Waals surface area contributed by atoms with E-state index < -0.39 is 18.0 Å². The fourth-order valence-corrected chi connectivity index (χ4v) is 3.84. The fourth-order valence-electron chi connectivity index (χ4n) is 3.84. The molecule has 4 rings (SSSR count). The van der Waals surface area contributed by atoms with E-state index in [1.165, 1.54) is 17.9 Å². The highest BCUT2D eigenvalue weighted by molar-refractivity contribution is 5.90. The summed E-state index contributed by atoms with van der Waals surface area (Å²) >= 11 is 0. The number of imidazole rings is 1. The number of hydrogen-bond acceptors (Lipinski definition) is 5. The number of anilines is 1. The molecule has 8 nitrogen and oxygen atoms in total. The lowest BCUT2D eigenvalue weighted by Crippen LogP contribution is -2.33. The molecule has 1 fully saturated rings. The van der Waals surface area contributed by atoms with Gasteiger partial charge in [-0.25, -0.2) is 14.2 Å². The lowest BCUT2D eigenvalue weighted by molar-refractivity contribution is -0.119. The van der Waals surface area contributed by atoms with Gasteiger partial charge in [0.15, 0.2) is 0 Å². The van der Waals surface area contributed by atoms with Crippen molar-refractivity contribution >= 4 is 17.7 Å². The maximum Gasteiger partial charge on any atom is 0.414 e. The highest BCUT2D eigenvalue weighted by Crippen LogP contribution is 2.29. The minimum atomic E-state index is -0.551. The summed E-state index contributed by atoms with van der Waals surface area (Å²) in [6.45, 7) is 4.43. The smallest absolute Gasteiger partial charge is 0.414 e. The summed E-state index contributed by atoms with van der Waals surface area (Å²) in [4.78, 5) is 28.7. The van der Waals surface area contributed by atoms with Crippen LogP contribution >= 0.6 is 0 Å². The first-order chi connectivity index (χ1) is 16.5. The van der Waals surface area contributed by atoms with Crippen LogP contribution in [0.3, 0.4) is 0 Å². The van der Waals surface area contributed by atoms with E-state index >= 15 is 0 Å². The zero-order valence-electron chi connectivity index (χ0n) is 19.0. The van der Waals surface area contributed by atoms with E-state index in [1.54, 1.807) is 18.3 Å². The third kappa shape index (κ3) is 5.99. The van der Waals surface area contributed by atoms with E-state index in [1.807, 2.05) is 41.4 Å². The summed E-state index contributed by atoms with van der Waals surface area (Å²) in [6, 6.07) is 12.5. The topological polar surface area (TPSA) is 88.5 Å². The summed E-state index contributed by atoms with van der Waals surface area (Å²) in [5, 5.41) is 6.04. The van der Waals surface area contributed by atoms with Gasteiger partial charge in [-0.3, -0.25) is 9.69 Å². The first-order valence-corrected chi connectivity index (χ1v) is 11.3. The first-order valence-electron chi connectivity index (χ1n) is 11.3. The van der Waals surface area contributed by atoms with E-state index in [0.717, 1.165) is 37.2 Å². The Hall–Kier alpha value is -3.72. The van der Waals surface area contributed by atoms with Crippen molar-refractivity contribution in [3.63, 3.8) is 0 Å². The van der Waals surface area contributed by atoms with Crippen molar-refractivity contribution in [3.8, 4) is 11.1 Å². The van der Waals surface area contributed by atoms with Crippen molar-refractivity contribution < 1.29 is 18.7 Å². The molecule has 0 saturated carbocycles. The van der Waals surface area contributed by atoms with Gasteiger partial charge in [0.2, 0.25) is 5.91 Å². The minimum Gasteiger partial charge on any atom is -0.442 e. The number of nitrogens with one attached hydrogen (secondary N) is 2. The van der Waals surface area contributed by atoms with E-state index in [9.17, 15) is 14.0 Å². The largest absolute Gasteiger partial charge is 0.442 e. The van der Waals surface area contributed by atoms with Crippen molar-refractivity contribution in [2.24, 2.45) is 0 Å². The number of rotatable bonds is 10. The average molecular weight is 466 g/mol. The van der Waals surface area contributed by atoms with Gasteiger partial charge in [-0.05, 0) is 42.3 Å². The second-order valence-corrected chi connectivity index (χ2v) is 8.25. The second kappa shape index (κ2) is 10.9. The Morgan fingerprint density at radius 1 is 1.24 bits per heavy atom. The van der Waals surface area contributed by atoms with Crippen LogP contribution in [0.2, 0.25) is 0 Å². The van der Waals surface area contributed by atoms with Gasteiger partial charge in [-0.2, -0.15) is 0 Å². The van der Waals surface area contributed by atoms with Crippen LogP contribution in [0.25, 0.3) is 11.1 Å². The maximum absolute atomic E-state index is 14.9. The summed E-state index contributed by atoms with van der Waals surface area (Å²) < 4.78 is 22.2. The minimum absolute atomic E-state index is 0.197. The number of hydrogen-bond donors (Lipinski definition) is 2. The maximum atomic E-state index is 14.9. The van der Waals surface area contributed by atoms with Gasteiger partial charge in [-0.15, -0.1) is 0 Å². The fraction of sp³-hybridized carbons (Fsp3) is 0.320. The lowest BCUT2D eigenvalue weighted by Gasteiger charge is -2.15. The molecular formula is C25H28FN5O3. The summed E-state index contributed by atoms with van der Waals surface area (Å²) in [7, 11) is 0. The number of amides is 2. The van der Waals surface area contributed by atoms with Crippen molar-refractivity contribution in [2.75, 3.05) is 24.5 Å². The van der Waals surface area contributed by atoms with Gasteiger partial charge in [0.25, 0.3) is 0 Å². The van der Waals surface area contributed by atoms with Crippen molar-refractivity contribution in [1.29, 1.82) is 0 Å². The van der Waals surface area contributed by atoms with Gasteiger partial charge < -0.3 is 19.9 Å². The zero-order chi connectivity index (χ0) is 23.9. The molecule has 3 aromatic rings. The van der Waals surface area contributed by atoms with Crippen molar-refractivity contribution in [1.82, 2.24) is 20.2 Å². The van der Waals surface area contributed by atoms with E-state index in [2.05, 4.69) is 15.6 Å². The Morgan fingerprint density at radius 2 is 2.06 bits per heavy atom. The number of carbonyl (C=O) groups excluding carboxylic acids is 2. The molecule has 34 heavy (non-hydrogen) atoms. The lowest BCUT2D eigenvalue weighted by atomic mass is 10.0. The molecule has 0 bridgehead atoms. The molecule has 1 aliphatic rings. The molecule has 0 radical (unpaired) electrons. The SMILES string of the molecule is CC(=O)NCC1CN(c2ccc(-c3ccc(CNCCCn4ccnc4)cc3)c(F)c2)C(=O)O1. The molecule has 1 aromatic heterocycles. The van der Waals surface area contributed by atoms with E-state index in [-0.39, 0.29) is 19.0 Å². The van der Waals surface area contributed by atoms with Crippen LogP contribution in [0.4, 0.5) is 14.9 Å². The number of aromatic nitrogens is 2. The van der Waals surface area contributed by atoms with Gasteiger partial charge in [-0.1, -0.05) is 24.3 Å². The predicted molar refractivity (Wildman–Crippen MR) is 127 cm³/mol. The third-order valence-electron chi connectivity index (χ3n) is 5.64. The van der Waals surface area contributed by atoms with Gasteiger partial charge >= 0.3 is 6.09 Å². The monoisotopic (exact) mass is 465 g/mol. The van der Waals surface area contributed by atoms with Crippen LogP contribution < -0.4 is 15.5 Å². The molecule has 1 aliphatic heterocycles. The standard InChI is InChI=1S/C25H28FN5O3/c1-18(32)29-15-22-16-31(25(33)34-22)21-7-8-23(24(26)13-21)20-5-3-19(4-6-20)14-27-9-2-11-30-12-10-28-17-30/h3-8,10,12-13,17,22,27H,2,9,11,14-16H2,1H3,(H,29,32). The van der Waals surface area contributed by atoms with Crippen molar-refractivity contribution in [2.45, 2.75) is 32.5 Å². The Labute approximate surface area is 197 Å². The molecule has 178 valence electrons. The number of nitrogens with zero attached hydrogens (tertiary/aromatic N) is 3. The van der Waals surface area contributed by atoms with Gasteiger partial charge in [0, 0.05) is 38.0 Å². The number of carbonyl (C=O) groups is 2. The highest BCUT2D eigenvalue weighted by atomic mass is 19.1. The Balaban J connectivity index is 1.31. The molecule has 1 saturated heterocycles. The summed E-state index contributed by atoms with van der Waals surface area (Å²) in [6.07, 6.45) is 5.52. The molecule has 9 heteroatoms. The number of benzene rings is 2. The number of ether oxygens (including phenoxy) is 1. The first kappa shape index (κ1) is 23.4. The highest BCUT2D eigenvalue weighted by Gasteiger charge is 2.32. The molecule has 2 aromatic carbocycles. The van der Waals surface area contributed by atoms with E-state index in [0.29, 0.717) is 11.3 Å². The average Bonchev–Trinajstić information content (AvgIpc) is 3.47. The van der Waals surface area contributed by atoms with Crippen LogP contribution in [0.15, 0.2) is 61.2 Å². The number of halogens is 1. The van der Waals surface area contributed by atoms with Crippen LogP contribution in [-0.2, 0) is 22.6 Å². The van der Waals surface area contributed by atoms with Gasteiger partial charge in [0.1, 0.15) is 11.9 Å². The molecule has 2 amide bonds. The second-order valence-electron chi connectivity index (χ2n) is 8.25. The molecule has 0 aliphatic carbocycles. The number of cyclic esters (lactones) is 1. The predicted octanol–water partition coefficient (Wildman–Crippen LogP) is 3.33. The van der Waals surface area contributed by atoms with E-state index in [4.69, 9.17) is 4.74 Å². The van der Waals surface area contributed by atoms with Crippen LogP contribution in [0.5, 0.6) is 0 Å². The summed E-state index contributed by atoms with van der Waals surface area (Å²) in [5.41, 5.74) is 2.77. The molecule has 1 unspecified atom stereocenters. The number of aryl methyl sites for hydroxylation is 1. The molecule has 2 heterocycles. The molecular weight excluding hydrogens is 437 g/mol. The van der Waals surface area contributed by atoms with Crippen molar-refractivity contribution in [3.05, 3.63) is 72.6 Å². The Morgan fingerprint density at radius 3 is 2.76 bits per heavy atom. The quantitative estimate of drug-likeness (QED) is 0.449. The normalized spacial score (nSPS) is 15.4. The Bertz CT molecular complexity index is 1120. The summed E-state index contributed by atoms with van der Waals surface area (Å²) in [5.74, 6) is -0.613. The van der Waals surface area contributed by atoms with Crippen LogP contribution in [-0.4, -0.2) is 47.3 Å². The van der Waals surface area contributed by atoms with Gasteiger partial charge in [0.05, 0.1) is 25.1 Å².